The van der Waals surface area contributed by atoms with Crippen LogP contribution in [0.15, 0.2) is 46.8 Å². The maximum atomic E-state index is 10.8. The highest BCUT2D eigenvalue weighted by Crippen LogP contribution is 2.13. The Balaban J connectivity index is 1.77. The van der Waals surface area contributed by atoms with Crippen molar-refractivity contribution in [3.05, 3.63) is 52.2 Å². The average molecular weight is 346 g/mol. The second-order valence-corrected chi connectivity index (χ2v) is 6.12. The van der Waals surface area contributed by atoms with E-state index in [9.17, 15) is 4.79 Å². The van der Waals surface area contributed by atoms with Gasteiger partial charge in [0.1, 0.15) is 5.75 Å². The van der Waals surface area contributed by atoms with Crippen LogP contribution in [0.25, 0.3) is 0 Å². The minimum Gasteiger partial charge on any atom is -0.484 e. The lowest BCUT2D eigenvalue weighted by atomic mass is 10.2. The van der Waals surface area contributed by atoms with Gasteiger partial charge >= 0.3 is 0 Å². The predicted molar refractivity (Wildman–Crippen MR) is 97.4 cm³/mol. The molecule has 0 radical (unpaired) electrons. The van der Waals surface area contributed by atoms with Gasteiger partial charge in [-0.1, -0.05) is 18.2 Å². The van der Waals surface area contributed by atoms with Crippen molar-refractivity contribution in [3.63, 3.8) is 0 Å². The van der Waals surface area contributed by atoms with Crippen molar-refractivity contribution in [1.29, 1.82) is 0 Å². The Kier molecular flexibility index (Phi) is 7.10. The SMILES string of the molecule is CN=C(NCCc1cccs1)NCc1cccc(OCC(N)=O)c1. The summed E-state index contributed by atoms with van der Waals surface area (Å²) in [6, 6.07) is 11.7. The van der Waals surface area contributed by atoms with Gasteiger partial charge in [-0.3, -0.25) is 9.79 Å². The maximum Gasteiger partial charge on any atom is 0.255 e. The maximum absolute atomic E-state index is 10.8. The molecule has 0 aliphatic heterocycles. The molecule has 7 heteroatoms. The topological polar surface area (TPSA) is 88.7 Å². The van der Waals surface area contributed by atoms with Crippen molar-refractivity contribution in [2.75, 3.05) is 20.2 Å². The Hall–Kier alpha value is -2.54. The molecular weight excluding hydrogens is 324 g/mol. The molecule has 2 aromatic rings. The van der Waals surface area contributed by atoms with Crippen LogP contribution < -0.4 is 21.1 Å². The van der Waals surface area contributed by atoms with E-state index >= 15 is 0 Å². The number of hydrogen-bond donors (Lipinski definition) is 3. The molecule has 4 N–H and O–H groups in total. The zero-order valence-electron chi connectivity index (χ0n) is 13.6. The van der Waals surface area contributed by atoms with Crippen molar-refractivity contribution >= 4 is 23.2 Å². The van der Waals surface area contributed by atoms with Crippen LogP contribution in [0, 0.1) is 0 Å². The number of ether oxygens (including phenoxy) is 1. The lowest BCUT2D eigenvalue weighted by Gasteiger charge is -2.12. The summed E-state index contributed by atoms with van der Waals surface area (Å²) in [6.07, 6.45) is 0.967. The van der Waals surface area contributed by atoms with Crippen LogP contribution in [0.5, 0.6) is 5.75 Å². The van der Waals surface area contributed by atoms with E-state index in [2.05, 4.69) is 33.1 Å². The Morgan fingerprint density at radius 3 is 2.88 bits per heavy atom. The number of amides is 1. The fourth-order valence-corrected chi connectivity index (χ4v) is 2.77. The molecule has 0 bridgehead atoms. The number of carbonyl (C=O) groups is 1. The van der Waals surface area contributed by atoms with Gasteiger partial charge in [-0.25, -0.2) is 0 Å². The van der Waals surface area contributed by atoms with Crippen molar-refractivity contribution < 1.29 is 9.53 Å². The molecule has 24 heavy (non-hydrogen) atoms. The number of benzene rings is 1. The fourth-order valence-electron chi connectivity index (χ4n) is 2.07. The Morgan fingerprint density at radius 1 is 1.29 bits per heavy atom. The average Bonchev–Trinajstić information content (AvgIpc) is 3.10. The molecule has 6 nitrogen and oxygen atoms in total. The number of hydrogen-bond acceptors (Lipinski definition) is 4. The molecule has 0 aliphatic rings. The molecule has 1 aromatic heterocycles. The van der Waals surface area contributed by atoms with E-state index in [1.54, 1.807) is 24.5 Å². The van der Waals surface area contributed by atoms with E-state index in [4.69, 9.17) is 10.5 Å². The van der Waals surface area contributed by atoms with Crippen LogP contribution in [0.2, 0.25) is 0 Å². The highest BCUT2D eigenvalue weighted by atomic mass is 32.1. The van der Waals surface area contributed by atoms with Gasteiger partial charge in [0.15, 0.2) is 12.6 Å². The van der Waals surface area contributed by atoms with Crippen molar-refractivity contribution in [2.45, 2.75) is 13.0 Å². The zero-order chi connectivity index (χ0) is 17.2. The van der Waals surface area contributed by atoms with Crippen molar-refractivity contribution in [3.8, 4) is 5.75 Å². The molecule has 0 saturated carbocycles. The first-order valence-electron chi connectivity index (χ1n) is 7.64. The smallest absolute Gasteiger partial charge is 0.255 e. The highest BCUT2D eigenvalue weighted by molar-refractivity contribution is 7.09. The molecule has 0 fully saturated rings. The van der Waals surface area contributed by atoms with E-state index in [-0.39, 0.29) is 6.61 Å². The lowest BCUT2D eigenvalue weighted by Crippen LogP contribution is -2.37. The van der Waals surface area contributed by atoms with E-state index < -0.39 is 5.91 Å². The lowest BCUT2D eigenvalue weighted by molar-refractivity contribution is -0.119. The van der Waals surface area contributed by atoms with Gasteiger partial charge in [0.2, 0.25) is 0 Å². The summed E-state index contributed by atoms with van der Waals surface area (Å²) in [5.41, 5.74) is 6.10. The molecule has 1 heterocycles. The van der Waals surface area contributed by atoms with Crippen LogP contribution in [0.4, 0.5) is 0 Å². The van der Waals surface area contributed by atoms with E-state index in [1.165, 1.54) is 4.88 Å². The van der Waals surface area contributed by atoms with Gasteiger partial charge in [0.25, 0.3) is 5.91 Å². The molecule has 128 valence electrons. The second kappa shape index (κ2) is 9.57. The molecule has 0 atom stereocenters. The van der Waals surface area contributed by atoms with E-state index in [0.717, 1.165) is 24.5 Å². The summed E-state index contributed by atoms with van der Waals surface area (Å²) in [5, 5.41) is 8.62. The third kappa shape index (κ3) is 6.29. The van der Waals surface area contributed by atoms with Gasteiger partial charge in [0, 0.05) is 25.0 Å². The number of primary amides is 1. The first-order chi connectivity index (χ1) is 11.7. The third-order valence-electron chi connectivity index (χ3n) is 3.21. The number of rotatable bonds is 8. The van der Waals surface area contributed by atoms with Crippen LogP contribution in [-0.2, 0) is 17.8 Å². The van der Waals surface area contributed by atoms with Gasteiger partial charge in [-0.05, 0) is 35.6 Å². The molecule has 0 unspecified atom stereocenters. The summed E-state index contributed by atoms with van der Waals surface area (Å²) in [6.45, 7) is 1.30. The molecule has 1 amide bonds. The van der Waals surface area contributed by atoms with Crippen LogP contribution >= 0.6 is 11.3 Å². The minimum atomic E-state index is -0.492. The number of guanidine groups is 1. The molecule has 1 aromatic carbocycles. The van der Waals surface area contributed by atoms with Crippen molar-refractivity contribution in [1.82, 2.24) is 10.6 Å². The Labute approximate surface area is 145 Å². The van der Waals surface area contributed by atoms with Crippen LogP contribution in [0.1, 0.15) is 10.4 Å². The molecule has 0 aliphatic carbocycles. The first kappa shape index (κ1) is 17.8. The van der Waals surface area contributed by atoms with E-state index in [1.807, 2.05) is 18.2 Å². The molecule has 2 rings (SSSR count). The normalized spacial score (nSPS) is 11.1. The van der Waals surface area contributed by atoms with Gasteiger partial charge < -0.3 is 21.1 Å². The van der Waals surface area contributed by atoms with Gasteiger partial charge in [-0.15, -0.1) is 11.3 Å². The Bertz CT molecular complexity index is 671. The summed E-state index contributed by atoms with van der Waals surface area (Å²) in [5.74, 6) is 0.873. The zero-order valence-corrected chi connectivity index (χ0v) is 14.4. The van der Waals surface area contributed by atoms with Crippen LogP contribution in [0.3, 0.4) is 0 Å². The number of aliphatic imine (C=N–C) groups is 1. The van der Waals surface area contributed by atoms with Gasteiger partial charge in [-0.2, -0.15) is 0 Å². The van der Waals surface area contributed by atoms with Gasteiger partial charge in [0.05, 0.1) is 0 Å². The quantitative estimate of drug-likeness (QED) is 0.499. The number of nitrogens with two attached hydrogens (primary N) is 1. The first-order valence-corrected chi connectivity index (χ1v) is 8.52. The predicted octanol–water partition coefficient (Wildman–Crippen LogP) is 1.52. The summed E-state index contributed by atoms with van der Waals surface area (Å²) in [4.78, 5) is 16.3. The molecule has 0 spiro atoms. The summed E-state index contributed by atoms with van der Waals surface area (Å²) in [7, 11) is 1.74. The monoisotopic (exact) mass is 346 g/mol. The summed E-state index contributed by atoms with van der Waals surface area (Å²) >= 11 is 1.75. The van der Waals surface area contributed by atoms with E-state index in [0.29, 0.717) is 12.3 Å². The minimum absolute atomic E-state index is 0.122. The second-order valence-electron chi connectivity index (χ2n) is 5.08. The van der Waals surface area contributed by atoms with Crippen LogP contribution in [-0.4, -0.2) is 32.1 Å². The fraction of sp³-hybridized carbons (Fsp3) is 0.294. The summed E-state index contributed by atoms with van der Waals surface area (Å²) < 4.78 is 5.30. The number of carbonyl (C=O) groups excluding carboxylic acids is 1. The highest BCUT2D eigenvalue weighted by Gasteiger charge is 2.02. The third-order valence-corrected chi connectivity index (χ3v) is 4.14. The van der Waals surface area contributed by atoms with Crippen molar-refractivity contribution in [2.24, 2.45) is 10.7 Å². The number of nitrogens with one attached hydrogen (secondary N) is 2. The number of nitrogens with zero attached hydrogens (tertiary/aromatic N) is 1. The number of thiophene rings is 1. The largest absolute Gasteiger partial charge is 0.484 e. The molecule has 0 saturated heterocycles. The molecular formula is C17H22N4O2S. The standard InChI is InChI=1S/C17H22N4O2S/c1-19-17(20-8-7-15-6-3-9-24-15)21-11-13-4-2-5-14(10-13)23-12-16(18)22/h2-6,9-10H,7-8,11-12H2,1H3,(H2,18,22)(H2,19,20,21). The Morgan fingerprint density at radius 2 is 2.17 bits per heavy atom.